The average Bonchev–Trinajstić information content (AvgIpc) is 1.87. The number of hydrogen-bond acceptors (Lipinski definition) is 3. The Kier molecular flexibility index (Phi) is 7.94. The molecule has 4 heteroatoms. The third kappa shape index (κ3) is 22.9. The van der Waals surface area contributed by atoms with Crippen LogP contribution in [0.1, 0.15) is 13.8 Å². The molecule has 0 N–H and O–H groups in total. The van der Waals surface area contributed by atoms with E-state index in [1.165, 1.54) is 6.54 Å². The maximum Gasteiger partial charge on any atom is 0.251 e. The van der Waals surface area contributed by atoms with Gasteiger partial charge in [0.25, 0.3) is 6.16 Å². The zero-order chi connectivity index (χ0) is 10.2. The van der Waals surface area contributed by atoms with Crippen LogP contribution in [-0.2, 0) is 4.74 Å². The van der Waals surface area contributed by atoms with Crippen LogP contribution in [0, 0.1) is 0 Å². The first kappa shape index (κ1) is 13.8. The van der Waals surface area contributed by atoms with Crippen LogP contribution in [0.5, 0.6) is 0 Å². The predicted molar refractivity (Wildman–Crippen MR) is 45.6 cm³/mol. The Morgan fingerprint density at radius 2 is 1.67 bits per heavy atom. The third-order valence-electron chi connectivity index (χ3n) is 1.21. The number of hydrogen-bond donors (Lipinski definition) is 0. The van der Waals surface area contributed by atoms with Crippen molar-refractivity contribution in [2.45, 2.75) is 13.8 Å². The van der Waals surface area contributed by atoms with Gasteiger partial charge < -0.3 is 19.1 Å². The number of carbonyl (C=O) groups is 1. The average molecular weight is 177 g/mol. The quantitative estimate of drug-likeness (QED) is 0.443. The van der Waals surface area contributed by atoms with Gasteiger partial charge in [-0.3, -0.25) is 0 Å². The molecule has 0 rings (SSSR count). The zero-order valence-electron chi connectivity index (χ0n) is 8.59. The number of carboxylic acid groups (broad SMARTS) is 1. The summed E-state index contributed by atoms with van der Waals surface area (Å²) < 4.78 is 4.92. The van der Waals surface area contributed by atoms with E-state index in [1.807, 2.05) is 0 Å². The summed E-state index contributed by atoms with van der Waals surface area (Å²) in [5.74, 6) is 0. The molecule has 0 aromatic heterocycles. The van der Waals surface area contributed by atoms with Crippen LogP contribution in [0.3, 0.4) is 0 Å². The van der Waals surface area contributed by atoms with Gasteiger partial charge in [0.2, 0.25) is 0 Å². The summed E-state index contributed by atoms with van der Waals surface area (Å²) in [7, 11) is 6.54. The predicted octanol–water partition coefficient (Wildman–Crippen LogP) is 0.0787. The molecule has 0 aromatic rings. The van der Waals surface area contributed by atoms with Crippen molar-refractivity contribution in [2.75, 3.05) is 34.3 Å². The van der Waals surface area contributed by atoms with E-state index in [0.717, 1.165) is 4.48 Å². The standard InChI is InChI=1S/C5H14N.C3H6O3/c1-5-6(2,3)4;1-2-6-3(4)5/h5H2,1-4H3;2H2,1H3,(H,4,5)/q+1;/p-1. The molecular formula is C8H19NO3. The SMILES string of the molecule is CCOC(=O)[O-].CC[N+](C)(C)C. The zero-order valence-corrected chi connectivity index (χ0v) is 8.59. The van der Waals surface area contributed by atoms with E-state index < -0.39 is 6.16 Å². The van der Waals surface area contributed by atoms with Crippen LogP contribution in [-0.4, -0.2) is 44.9 Å². The molecule has 0 fully saturated rings. The van der Waals surface area contributed by atoms with Crippen molar-refractivity contribution in [3.8, 4) is 0 Å². The van der Waals surface area contributed by atoms with E-state index in [-0.39, 0.29) is 6.61 Å². The highest BCUT2D eigenvalue weighted by Crippen LogP contribution is 1.83. The van der Waals surface area contributed by atoms with Crippen LogP contribution in [0.2, 0.25) is 0 Å². The van der Waals surface area contributed by atoms with Gasteiger partial charge >= 0.3 is 0 Å². The second-order valence-electron chi connectivity index (χ2n) is 3.29. The minimum atomic E-state index is -1.46. The largest absolute Gasteiger partial charge is 0.550 e. The third-order valence-corrected chi connectivity index (χ3v) is 1.21. The minimum absolute atomic E-state index is 0.169. The Balaban J connectivity index is 0. The van der Waals surface area contributed by atoms with Crippen molar-refractivity contribution >= 4 is 6.16 Å². The van der Waals surface area contributed by atoms with Gasteiger partial charge in [-0.15, -0.1) is 0 Å². The van der Waals surface area contributed by atoms with E-state index in [4.69, 9.17) is 0 Å². The van der Waals surface area contributed by atoms with Crippen LogP contribution < -0.4 is 5.11 Å². The maximum absolute atomic E-state index is 9.27. The summed E-state index contributed by atoms with van der Waals surface area (Å²) in [6, 6.07) is 0. The number of quaternary nitrogens is 1. The van der Waals surface area contributed by atoms with Crippen molar-refractivity contribution in [2.24, 2.45) is 0 Å². The lowest BCUT2D eigenvalue weighted by molar-refractivity contribution is -0.868. The molecule has 0 aromatic carbocycles. The van der Waals surface area contributed by atoms with Crippen LogP contribution in [0.15, 0.2) is 0 Å². The van der Waals surface area contributed by atoms with E-state index in [0.29, 0.717) is 0 Å². The lowest BCUT2D eigenvalue weighted by atomic mass is 10.6. The Morgan fingerprint density at radius 3 is 1.67 bits per heavy atom. The Hall–Kier alpha value is -0.770. The van der Waals surface area contributed by atoms with Crippen molar-refractivity contribution in [1.29, 1.82) is 0 Å². The lowest BCUT2D eigenvalue weighted by Crippen LogP contribution is -2.33. The highest BCUT2D eigenvalue weighted by atomic mass is 16.7. The van der Waals surface area contributed by atoms with Gasteiger partial charge in [0, 0.05) is 6.61 Å². The van der Waals surface area contributed by atoms with Crippen LogP contribution >= 0.6 is 0 Å². The minimum Gasteiger partial charge on any atom is -0.550 e. The smallest absolute Gasteiger partial charge is 0.251 e. The Morgan fingerprint density at radius 1 is 1.33 bits per heavy atom. The summed E-state index contributed by atoms with van der Waals surface area (Å²) in [5.41, 5.74) is 0. The first-order valence-corrected chi connectivity index (χ1v) is 3.97. The molecule has 0 aliphatic carbocycles. The highest BCUT2D eigenvalue weighted by Gasteiger charge is 1.97. The lowest BCUT2D eigenvalue weighted by Gasteiger charge is -2.20. The molecule has 12 heavy (non-hydrogen) atoms. The molecule has 0 radical (unpaired) electrons. The van der Waals surface area contributed by atoms with Gasteiger partial charge in [-0.05, 0) is 13.8 Å². The van der Waals surface area contributed by atoms with E-state index in [1.54, 1.807) is 6.92 Å². The number of rotatable bonds is 2. The molecule has 0 aliphatic rings. The first-order valence-electron chi connectivity index (χ1n) is 3.97. The molecule has 0 unspecified atom stereocenters. The van der Waals surface area contributed by atoms with E-state index in [9.17, 15) is 9.90 Å². The van der Waals surface area contributed by atoms with Crippen molar-refractivity contribution < 1.29 is 19.1 Å². The molecule has 0 atom stereocenters. The number of ether oxygens (including phenoxy) is 1. The summed E-state index contributed by atoms with van der Waals surface area (Å²) in [5, 5.41) is 9.27. The monoisotopic (exact) mass is 177 g/mol. The molecule has 74 valence electrons. The van der Waals surface area contributed by atoms with Gasteiger partial charge in [-0.2, -0.15) is 0 Å². The van der Waals surface area contributed by atoms with Gasteiger partial charge in [0.1, 0.15) is 0 Å². The van der Waals surface area contributed by atoms with Gasteiger partial charge in [-0.25, -0.2) is 0 Å². The van der Waals surface area contributed by atoms with Gasteiger partial charge in [0.05, 0.1) is 27.7 Å². The molecule has 0 saturated heterocycles. The highest BCUT2D eigenvalue weighted by molar-refractivity contribution is 5.53. The number of nitrogens with zero attached hydrogens (tertiary/aromatic N) is 1. The maximum atomic E-state index is 9.27. The molecular weight excluding hydrogens is 158 g/mol. The second kappa shape index (κ2) is 6.91. The Labute approximate surface area is 74.3 Å². The molecule has 0 heterocycles. The molecule has 0 amide bonds. The second-order valence-corrected chi connectivity index (χ2v) is 3.29. The Bertz CT molecular complexity index is 118. The summed E-state index contributed by atoms with van der Waals surface area (Å²) in [4.78, 5) is 9.27. The molecule has 0 spiro atoms. The van der Waals surface area contributed by atoms with Crippen molar-refractivity contribution in [3.63, 3.8) is 0 Å². The molecule has 0 saturated carbocycles. The summed E-state index contributed by atoms with van der Waals surface area (Å²) in [6.07, 6.45) is -1.46. The fourth-order valence-electron chi connectivity index (χ4n) is 0.118. The fourth-order valence-corrected chi connectivity index (χ4v) is 0.118. The first-order chi connectivity index (χ1) is 5.33. The van der Waals surface area contributed by atoms with Gasteiger partial charge in [-0.1, -0.05) is 0 Å². The topological polar surface area (TPSA) is 49.4 Å². The van der Waals surface area contributed by atoms with Crippen LogP contribution in [0.4, 0.5) is 4.79 Å². The van der Waals surface area contributed by atoms with Crippen molar-refractivity contribution in [1.82, 2.24) is 0 Å². The van der Waals surface area contributed by atoms with E-state index in [2.05, 4.69) is 32.8 Å². The number of carbonyl (C=O) groups excluding carboxylic acids is 1. The molecule has 0 bridgehead atoms. The van der Waals surface area contributed by atoms with Crippen LogP contribution in [0.25, 0.3) is 0 Å². The van der Waals surface area contributed by atoms with Gasteiger partial charge in [0.15, 0.2) is 0 Å². The molecule has 4 nitrogen and oxygen atoms in total. The normalized spacial score (nSPS) is 9.75. The molecule has 0 aliphatic heterocycles. The van der Waals surface area contributed by atoms with E-state index >= 15 is 0 Å². The summed E-state index contributed by atoms with van der Waals surface area (Å²) >= 11 is 0. The fraction of sp³-hybridized carbons (Fsp3) is 0.875. The van der Waals surface area contributed by atoms with Crippen molar-refractivity contribution in [3.05, 3.63) is 0 Å². The summed E-state index contributed by atoms with van der Waals surface area (Å²) in [6.45, 7) is 5.14.